The number of hydrogen-bond donors (Lipinski definition) is 1. The van der Waals surface area contributed by atoms with E-state index in [4.69, 9.17) is 9.47 Å². The first-order valence-corrected chi connectivity index (χ1v) is 9.63. The third-order valence-corrected chi connectivity index (χ3v) is 5.52. The standard InChI is InChI=1S/C25H28O3/c1-27-24(28-2,19-12-20-26)25(21-13-6-3-7-14-21,22-15-8-4-9-16-22)23-17-10-5-11-18-23/h3-11,13-18,26H,12,19-20H2,1-2H3. The van der Waals surface area contributed by atoms with E-state index >= 15 is 0 Å². The molecule has 3 aromatic carbocycles. The first kappa shape index (κ1) is 20.3. The molecule has 0 bridgehead atoms. The van der Waals surface area contributed by atoms with Crippen LogP contribution in [0.2, 0.25) is 0 Å². The van der Waals surface area contributed by atoms with E-state index in [0.29, 0.717) is 12.8 Å². The Labute approximate surface area is 167 Å². The Morgan fingerprint density at radius 1 is 0.643 bits per heavy atom. The number of ether oxygens (including phenoxy) is 2. The molecule has 0 saturated carbocycles. The first-order valence-electron chi connectivity index (χ1n) is 9.63. The predicted molar refractivity (Wildman–Crippen MR) is 112 cm³/mol. The van der Waals surface area contributed by atoms with Crippen LogP contribution in [0.4, 0.5) is 0 Å². The third-order valence-electron chi connectivity index (χ3n) is 5.52. The lowest BCUT2D eigenvalue weighted by Gasteiger charge is -2.50. The minimum Gasteiger partial charge on any atom is -0.396 e. The van der Waals surface area contributed by atoms with E-state index in [9.17, 15) is 5.11 Å². The van der Waals surface area contributed by atoms with Crippen LogP contribution in [-0.2, 0) is 14.9 Å². The van der Waals surface area contributed by atoms with Crippen LogP contribution in [0.25, 0.3) is 0 Å². The van der Waals surface area contributed by atoms with Crippen LogP contribution in [-0.4, -0.2) is 31.7 Å². The Hall–Kier alpha value is -2.46. The normalized spacial score (nSPS) is 12.1. The van der Waals surface area contributed by atoms with Crippen molar-refractivity contribution in [1.82, 2.24) is 0 Å². The average Bonchev–Trinajstić information content (AvgIpc) is 2.79. The zero-order valence-electron chi connectivity index (χ0n) is 16.5. The number of methoxy groups -OCH3 is 2. The van der Waals surface area contributed by atoms with Gasteiger partial charge in [-0.15, -0.1) is 0 Å². The molecule has 3 rings (SSSR count). The molecule has 146 valence electrons. The molecule has 3 nitrogen and oxygen atoms in total. The summed E-state index contributed by atoms with van der Waals surface area (Å²) in [7, 11) is 3.37. The van der Waals surface area contributed by atoms with Gasteiger partial charge in [0.05, 0.1) is 5.41 Å². The maximum absolute atomic E-state index is 9.59. The van der Waals surface area contributed by atoms with Gasteiger partial charge in [0, 0.05) is 27.2 Å². The van der Waals surface area contributed by atoms with Crippen LogP contribution in [0.15, 0.2) is 91.0 Å². The van der Waals surface area contributed by atoms with E-state index in [-0.39, 0.29) is 6.61 Å². The van der Waals surface area contributed by atoms with Crippen LogP contribution in [0.3, 0.4) is 0 Å². The molecule has 0 fully saturated rings. The molecule has 0 radical (unpaired) electrons. The molecular weight excluding hydrogens is 348 g/mol. The highest BCUT2D eigenvalue weighted by Crippen LogP contribution is 2.51. The number of rotatable bonds is 9. The molecule has 3 aromatic rings. The Morgan fingerprint density at radius 3 is 1.29 bits per heavy atom. The molecule has 0 aliphatic heterocycles. The lowest BCUT2D eigenvalue weighted by Crippen LogP contribution is -2.56. The van der Waals surface area contributed by atoms with Gasteiger partial charge in [-0.25, -0.2) is 0 Å². The fourth-order valence-electron chi connectivity index (χ4n) is 4.32. The Balaban J connectivity index is 2.43. The summed E-state index contributed by atoms with van der Waals surface area (Å²) in [5, 5.41) is 9.59. The van der Waals surface area contributed by atoms with Gasteiger partial charge in [0.2, 0.25) is 0 Å². The highest BCUT2D eigenvalue weighted by Gasteiger charge is 2.55. The summed E-state index contributed by atoms with van der Waals surface area (Å²) < 4.78 is 12.4. The van der Waals surface area contributed by atoms with Crippen LogP contribution >= 0.6 is 0 Å². The molecule has 0 aliphatic carbocycles. The fraction of sp³-hybridized carbons (Fsp3) is 0.280. The quantitative estimate of drug-likeness (QED) is 0.431. The van der Waals surface area contributed by atoms with Crippen molar-refractivity contribution in [3.8, 4) is 0 Å². The number of benzene rings is 3. The topological polar surface area (TPSA) is 38.7 Å². The Bertz CT molecular complexity index is 731. The van der Waals surface area contributed by atoms with Gasteiger partial charge in [0.15, 0.2) is 5.79 Å². The largest absolute Gasteiger partial charge is 0.396 e. The van der Waals surface area contributed by atoms with Crippen LogP contribution < -0.4 is 0 Å². The van der Waals surface area contributed by atoms with Crippen LogP contribution in [0.5, 0.6) is 0 Å². The number of aliphatic hydroxyl groups excluding tert-OH is 1. The molecule has 0 unspecified atom stereocenters. The molecule has 0 atom stereocenters. The van der Waals surface area contributed by atoms with Crippen molar-refractivity contribution in [3.05, 3.63) is 108 Å². The molecular formula is C25H28O3. The highest BCUT2D eigenvalue weighted by atomic mass is 16.7. The zero-order valence-corrected chi connectivity index (χ0v) is 16.5. The summed E-state index contributed by atoms with van der Waals surface area (Å²) in [5.74, 6) is -1.00. The summed E-state index contributed by atoms with van der Waals surface area (Å²) in [6, 6.07) is 31.0. The fourth-order valence-corrected chi connectivity index (χ4v) is 4.32. The Morgan fingerprint density at radius 2 is 1.00 bits per heavy atom. The van der Waals surface area contributed by atoms with E-state index in [1.807, 2.05) is 54.6 Å². The SMILES string of the molecule is COC(CCCO)(OC)C(c1ccccc1)(c1ccccc1)c1ccccc1. The van der Waals surface area contributed by atoms with Crippen molar-refractivity contribution in [1.29, 1.82) is 0 Å². The molecule has 0 aliphatic rings. The number of aliphatic hydroxyl groups is 1. The molecule has 28 heavy (non-hydrogen) atoms. The molecule has 0 amide bonds. The van der Waals surface area contributed by atoms with Gasteiger partial charge >= 0.3 is 0 Å². The van der Waals surface area contributed by atoms with E-state index in [1.165, 1.54) is 0 Å². The maximum atomic E-state index is 9.59. The van der Waals surface area contributed by atoms with Gasteiger partial charge in [0.1, 0.15) is 0 Å². The summed E-state index contributed by atoms with van der Waals surface area (Å²) in [6.07, 6.45) is 1.10. The highest BCUT2D eigenvalue weighted by molar-refractivity contribution is 5.53. The minimum absolute atomic E-state index is 0.0723. The van der Waals surface area contributed by atoms with E-state index in [0.717, 1.165) is 16.7 Å². The van der Waals surface area contributed by atoms with Crippen molar-refractivity contribution >= 4 is 0 Å². The second-order valence-corrected chi connectivity index (χ2v) is 6.84. The zero-order chi connectivity index (χ0) is 19.9. The second kappa shape index (κ2) is 9.16. The monoisotopic (exact) mass is 376 g/mol. The second-order valence-electron chi connectivity index (χ2n) is 6.84. The van der Waals surface area contributed by atoms with Crippen molar-refractivity contribution < 1.29 is 14.6 Å². The summed E-state index contributed by atoms with van der Waals surface area (Å²) in [6.45, 7) is 0.0723. The molecule has 0 saturated heterocycles. The third kappa shape index (κ3) is 3.37. The van der Waals surface area contributed by atoms with Gasteiger partial charge in [-0.05, 0) is 23.1 Å². The summed E-state index contributed by atoms with van der Waals surface area (Å²) in [4.78, 5) is 0. The van der Waals surface area contributed by atoms with Crippen LogP contribution in [0.1, 0.15) is 29.5 Å². The van der Waals surface area contributed by atoms with Gasteiger partial charge in [-0.2, -0.15) is 0 Å². The average molecular weight is 376 g/mol. The lowest BCUT2D eigenvalue weighted by atomic mass is 9.62. The van der Waals surface area contributed by atoms with Crippen molar-refractivity contribution in [2.24, 2.45) is 0 Å². The lowest BCUT2D eigenvalue weighted by molar-refractivity contribution is -0.239. The Kier molecular flexibility index (Phi) is 6.63. The van der Waals surface area contributed by atoms with E-state index in [1.54, 1.807) is 14.2 Å². The van der Waals surface area contributed by atoms with E-state index in [2.05, 4.69) is 36.4 Å². The predicted octanol–water partition coefficient (Wildman–Crippen LogP) is 4.78. The van der Waals surface area contributed by atoms with Crippen molar-refractivity contribution in [3.63, 3.8) is 0 Å². The summed E-state index contributed by atoms with van der Waals surface area (Å²) in [5.41, 5.74) is 2.52. The first-order chi connectivity index (χ1) is 13.7. The van der Waals surface area contributed by atoms with Gasteiger partial charge in [0.25, 0.3) is 0 Å². The smallest absolute Gasteiger partial charge is 0.185 e. The molecule has 0 aromatic heterocycles. The van der Waals surface area contributed by atoms with Gasteiger partial charge in [-0.1, -0.05) is 91.0 Å². The molecule has 0 heterocycles. The molecule has 0 spiro atoms. The van der Waals surface area contributed by atoms with Crippen molar-refractivity contribution in [2.45, 2.75) is 24.0 Å². The summed E-state index contributed by atoms with van der Waals surface area (Å²) >= 11 is 0. The van der Waals surface area contributed by atoms with E-state index < -0.39 is 11.2 Å². The van der Waals surface area contributed by atoms with Gasteiger partial charge in [-0.3, -0.25) is 0 Å². The number of hydrogen-bond acceptors (Lipinski definition) is 3. The van der Waals surface area contributed by atoms with Crippen molar-refractivity contribution in [2.75, 3.05) is 20.8 Å². The molecule has 3 heteroatoms. The van der Waals surface area contributed by atoms with Gasteiger partial charge < -0.3 is 14.6 Å². The van der Waals surface area contributed by atoms with Crippen LogP contribution in [0, 0.1) is 0 Å². The molecule has 1 N–H and O–H groups in total. The minimum atomic E-state index is -1.00. The maximum Gasteiger partial charge on any atom is 0.185 e.